The van der Waals surface area contributed by atoms with Crippen molar-refractivity contribution in [3.63, 3.8) is 0 Å². The number of thiophene rings is 1. The Bertz CT molecular complexity index is 844. The zero-order valence-electron chi connectivity index (χ0n) is 13.1. The predicted octanol–water partition coefficient (Wildman–Crippen LogP) is 5.40. The minimum Gasteiger partial charge on any atom is -0.496 e. The lowest BCUT2D eigenvalue weighted by molar-refractivity contribution is 0.412. The van der Waals surface area contributed by atoms with Gasteiger partial charge in [0.2, 0.25) is 0 Å². The molecular formula is C17H16BrN3OS2. The van der Waals surface area contributed by atoms with Crippen molar-refractivity contribution >= 4 is 39.0 Å². The van der Waals surface area contributed by atoms with Crippen LogP contribution >= 0.6 is 39.0 Å². The van der Waals surface area contributed by atoms with E-state index in [0.717, 1.165) is 27.0 Å². The molecule has 2 aromatic heterocycles. The fraction of sp³-hybridized carbons (Fsp3) is 0.294. The maximum atomic E-state index is 5.29. The van der Waals surface area contributed by atoms with E-state index in [1.54, 1.807) is 30.2 Å². The number of ether oxygens (including phenoxy) is 1. The van der Waals surface area contributed by atoms with E-state index in [1.807, 2.05) is 6.07 Å². The third kappa shape index (κ3) is 3.25. The second-order valence-electron chi connectivity index (χ2n) is 5.64. The summed E-state index contributed by atoms with van der Waals surface area (Å²) in [5.74, 6) is 2.72. The molecule has 0 amide bonds. The summed E-state index contributed by atoms with van der Waals surface area (Å²) in [7, 11) is 1.68. The Morgan fingerprint density at radius 3 is 2.88 bits per heavy atom. The fourth-order valence-corrected chi connectivity index (χ4v) is 4.80. The van der Waals surface area contributed by atoms with Gasteiger partial charge >= 0.3 is 0 Å². The molecule has 1 saturated carbocycles. The molecule has 124 valence electrons. The molecule has 2 heterocycles. The number of benzene rings is 1. The fourth-order valence-electron chi connectivity index (χ4n) is 2.56. The van der Waals surface area contributed by atoms with E-state index in [0.29, 0.717) is 6.04 Å². The summed E-state index contributed by atoms with van der Waals surface area (Å²) in [6.07, 6.45) is 2.44. The summed E-state index contributed by atoms with van der Waals surface area (Å²) < 4.78 is 8.58. The Kier molecular flexibility index (Phi) is 4.65. The van der Waals surface area contributed by atoms with Gasteiger partial charge in [-0.25, -0.2) is 0 Å². The van der Waals surface area contributed by atoms with Crippen LogP contribution in [0.1, 0.15) is 24.4 Å². The Balaban J connectivity index is 1.56. The highest BCUT2D eigenvalue weighted by molar-refractivity contribution is 9.10. The molecule has 4 nitrogen and oxygen atoms in total. The van der Waals surface area contributed by atoms with E-state index in [4.69, 9.17) is 4.74 Å². The summed E-state index contributed by atoms with van der Waals surface area (Å²) in [4.78, 5) is 1.19. The van der Waals surface area contributed by atoms with Crippen LogP contribution in [0.15, 0.2) is 45.3 Å². The molecule has 0 aliphatic heterocycles. The molecule has 0 N–H and O–H groups in total. The molecule has 1 fully saturated rings. The monoisotopic (exact) mass is 421 g/mol. The van der Waals surface area contributed by atoms with Gasteiger partial charge in [0.05, 0.1) is 16.5 Å². The molecule has 7 heteroatoms. The van der Waals surface area contributed by atoms with Gasteiger partial charge in [0.15, 0.2) is 11.0 Å². The van der Waals surface area contributed by atoms with E-state index in [-0.39, 0.29) is 0 Å². The number of nitrogens with zero attached hydrogens (tertiary/aromatic N) is 3. The molecule has 24 heavy (non-hydrogen) atoms. The van der Waals surface area contributed by atoms with Crippen LogP contribution < -0.4 is 4.74 Å². The molecule has 4 rings (SSSR count). The van der Waals surface area contributed by atoms with E-state index < -0.39 is 0 Å². The number of hydrogen-bond acceptors (Lipinski definition) is 5. The minimum absolute atomic E-state index is 0.558. The zero-order valence-corrected chi connectivity index (χ0v) is 16.3. The molecule has 0 unspecified atom stereocenters. The Morgan fingerprint density at radius 1 is 1.33 bits per heavy atom. The van der Waals surface area contributed by atoms with Gasteiger partial charge in [-0.05, 0) is 57.9 Å². The second-order valence-corrected chi connectivity index (χ2v) is 8.39. The average molecular weight is 422 g/mol. The first-order valence-corrected chi connectivity index (χ1v) is 10.4. The van der Waals surface area contributed by atoms with Crippen LogP contribution in [0.2, 0.25) is 0 Å². The van der Waals surface area contributed by atoms with Crippen molar-refractivity contribution in [3.8, 4) is 16.5 Å². The smallest absolute Gasteiger partial charge is 0.192 e. The van der Waals surface area contributed by atoms with Crippen LogP contribution in [0, 0.1) is 0 Å². The van der Waals surface area contributed by atoms with Crippen molar-refractivity contribution < 1.29 is 4.74 Å². The molecule has 1 aliphatic carbocycles. The quantitative estimate of drug-likeness (QED) is 0.499. The minimum atomic E-state index is 0.558. The molecule has 0 radical (unpaired) electrons. The first-order chi connectivity index (χ1) is 11.8. The number of aromatic nitrogens is 3. The first kappa shape index (κ1) is 16.2. The molecule has 1 aromatic carbocycles. The van der Waals surface area contributed by atoms with Crippen LogP contribution in [-0.2, 0) is 5.75 Å². The summed E-state index contributed by atoms with van der Waals surface area (Å²) in [5, 5.41) is 12.0. The summed E-state index contributed by atoms with van der Waals surface area (Å²) in [6, 6.07) is 10.9. The third-order valence-corrected chi connectivity index (χ3v) is 6.40. The average Bonchev–Trinajstić information content (AvgIpc) is 3.11. The van der Waals surface area contributed by atoms with Gasteiger partial charge in [-0.15, -0.1) is 21.5 Å². The Labute approximate surface area is 157 Å². The Hall–Kier alpha value is -1.31. The number of hydrogen-bond donors (Lipinski definition) is 0. The van der Waals surface area contributed by atoms with E-state index in [9.17, 15) is 0 Å². The van der Waals surface area contributed by atoms with Crippen molar-refractivity contribution in [1.82, 2.24) is 14.8 Å². The number of halogens is 1. The molecule has 0 spiro atoms. The lowest BCUT2D eigenvalue weighted by atomic mass is 10.2. The lowest BCUT2D eigenvalue weighted by Gasteiger charge is -2.09. The topological polar surface area (TPSA) is 39.9 Å². The highest BCUT2D eigenvalue weighted by Gasteiger charge is 2.30. The maximum Gasteiger partial charge on any atom is 0.192 e. The molecule has 1 aliphatic rings. The van der Waals surface area contributed by atoms with Crippen LogP contribution in [0.25, 0.3) is 10.7 Å². The molecule has 0 saturated heterocycles. The lowest BCUT2D eigenvalue weighted by Crippen LogP contribution is -1.99. The predicted molar refractivity (Wildman–Crippen MR) is 102 cm³/mol. The van der Waals surface area contributed by atoms with E-state index >= 15 is 0 Å². The summed E-state index contributed by atoms with van der Waals surface area (Å²) >= 11 is 7.00. The van der Waals surface area contributed by atoms with Gasteiger partial charge < -0.3 is 4.74 Å². The summed E-state index contributed by atoms with van der Waals surface area (Å²) in [6.45, 7) is 0. The van der Waals surface area contributed by atoms with Crippen LogP contribution in [0.3, 0.4) is 0 Å². The van der Waals surface area contributed by atoms with Gasteiger partial charge in [-0.3, -0.25) is 4.57 Å². The number of rotatable bonds is 6. The van der Waals surface area contributed by atoms with E-state index in [1.165, 1.54) is 23.3 Å². The SMILES string of the molecule is COc1ccc(CSc2nnc(-c3cccs3)n2C2CC2)cc1Br. The van der Waals surface area contributed by atoms with Crippen molar-refractivity contribution in [3.05, 3.63) is 45.7 Å². The highest BCUT2D eigenvalue weighted by Crippen LogP contribution is 2.42. The van der Waals surface area contributed by atoms with Gasteiger partial charge in [0, 0.05) is 11.8 Å². The summed E-state index contributed by atoms with van der Waals surface area (Å²) in [5.41, 5.74) is 1.23. The number of thioether (sulfide) groups is 1. The van der Waals surface area contributed by atoms with Crippen molar-refractivity contribution in [2.45, 2.75) is 29.8 Å². The van der Waals surface area contributed by atoms with Crippen LogP contribution in [0.5, 0.6) is 5.75 Å². The van der Waals surface area contributed by atoms with Gasteiger partial charge in [-0.1, -0.05) is 23.9 Å². The van der Waals surface area contributed by atoms with Gasteiger partial charge in [0.1, 0.15) is 5.75 Å². The van der Waals surface area contributed by atoms with Crippen LogP contribution in [0.4, 0.5) is 0 Å². The third-order valence-electron chi connectivity index (χ3n) is 3.90. The van der Waals surface area contributed by atoms with Crippen LogP contribution in [-0.4, -0.2) is 21.9 Å². The first-order valence-electron chi connectivity index (χ1n) is 7.70. The Morgan fingerprint density at radius 2 is 2.21 bits per heavy atom. The largest absolute Gasteiger partial charge is 0.496 e. The zero-order chi connectivity index (χ0) is 16.5. The molecule has 0 atom stereocenters. The molecular weight excluding hydrogens is 406 g/mol. The highest BCUT2D eigenvalue weighted by atomic mass is 79.9. The second kappa shape index (κ2) is 6.90. The molecule has 3 aromatic rings. The van der Waals surface area contributed by atoms with Crippen molar-refractivity contribution in [1.29, 1.82) is 0 Å². The van der Waals surface area contributed by atoms with E-state index in [2.05, 4.69) is 60.3 Å². The maximum absolute atomic E-state index is 5.29. The van der Waals surface area contributed by atoms with Crippen molar-refractivity contribution in [2.24, 2.45) is 0 Å². The standard InChI is InChI=1S/C17H16BrN3OS2/c1-22-14-7-4-11(9-13(14)18)10-24-17-20-19-16(15-3-2-8-23-15)21(17)12-5-6-12/h2-4,7-9,12H,5-6,10H2,1H3. The van der Waals surface area contributed by atoms with Gasteiger partial charge in [0.25, 0.3) is 0 Å². The van der Waals surface area contributed by atoms with Gasteiger partial charge in [-0.2, -0.15) is 0 Å². The molecule has 0 bridgehead atoms. The number of methoxy groups -OCH3 is 1. The van der Waals surface area contributed by atoms with Crippen molar-refractivity contribution in [2.75, 3.05) is 7.11 Å². The normalized spacial score (nSPS) is 14.1.